The van der Waals surface area contributed by atoms with Crippen molar-refractivity contribution in [2.75, 3.05) is 5.32 Å². The maximum atomic E-state index is 13.1. The van der Waals surface area contributed by atoms with Crippen molar-refractivity contribution in [3.63, 3.8) is 0 Å². The SMILES string of the molecule is CC(Nc1ccc(C(F)(F)F)cc1Cl)c1cncc(F)c1. The molecule has 1 unspecified atom stereocenters. The second-order valence-electron chi connectivity index (χ2n) is 4.49. The van der Waals surface area contributed by atoms with E-state index < -0.39 is 17.6 Å². The molecular weight excluding hydrogens is 308 g/mol. The number of nitrogens with zero attached hydrogens (tertiary/aromatic N) is 1. The fourth-order valence-corrected chi connectivity index (χ4v) is 2.03. The quantitative estimate of drug-likeness (QED) is 0.800. The zero-order chi connectivity index (χ0) is 15.6. The second kappa shape index (κ2) is 5.89. The van der Waals surface area contributed by atoms with Crippen molar-refractivity contribution in [1.29, 1.82) is 0 Å². The number of benzene rings is 1. The van der Waals surface area contributed by atoms with Gasteiger partial charge in [-0.2, -0.15) is 13.2 Å². The Labute approximate surface area is 123 Å². The molecule has 0 aliphatic heterocycles. The summed E-state index contributed by atoms with van der Waals surface area (Å²) in [6.45, 7) is 1.73. The zero-order valence-electron chi connectivity index (χ0n) is 10.9. The highest BCUT2D eigenvalue weighted by Gasteiger charge is 2.30. The first-order chi connectivity index (χ1) is 9.77. The molecule has 0 aliphatic carbocycles. The molecular formula is C14H11ClF4N2. The Morgan fingerprint density at radius 2 is 1.90 bits per heavy atom. The van der Waals surface area contributed by atoms with Crippen LogP contribution in [0.4, 0.5) is 23.2 Å². The standard InChI is InChI=1S/C14H11ClF4N2/c1-8(9-4-11(16)7-20-6-9)21-13-3-2-10(5-12(13)15)14(17,18)19/h2-8,21H,1H3. The van der Waals surface area contributed by atoms with E-state index in [0.29, 0.717) is 11.3 Å². The molecule has 1 atom stereocenters. The number of nitrogens with one attached hydrogen (secondary N) is 1. The Balaban J connectivity index is 2.20. The van der Waals surface area contributed by atoms with Gasteiger partial charge in [0.1, 0.15) is 5.82 Å². The molecule has 1 N–H and O–H groups in total. The second-order valence-corrected chi connectivity index (χ2v) is 4.90. The van der Waals surface area contributed by atoms with Gasteiger partial charge in [-0.15, -0.1) is 0 Å². The van der Waals surface area contributed by atoms with Crippen molar-refractivity contribution in [3.05, 3.63) is 58.6 Å². The summed E-state index contributed by atoms with van der Waals surface area (Å²) >= 11 is 5.85. The minimum Gasteiger partial charge on any atom is -0.377 e. The monoisotopic (exact) mass is 318 g/mol. The van der Waals surface area contributed by atoms with E-state index in [1.54, 1.807) is 6.92 Å². The number of rotatable bonds is 3. The summed E-state index contributed by atoms with van der Waals surface area (Å²) in [6.07, 6.45) is -1.90. The maximum Gasteiger partial charge on any atom is 0.416 e. The predicted octanol–water partition coefficient (Wildman–Crippen LogP) is 5.07. The smallest absolute Gasteiger partial charge is 0.377 e. The molecule has 1 aromatic heterocycles. The number of anilines is 1. The topological polar surface area (TPSA) is 24.9 Å². The van der Waals surface area contributed by atoms with Crippen LogP contribution in [0.1, 0.15) is 24.1 Å². The van der Waals surface area contributed by atoms with E-state index in [9.17, 15) is 17.6 Å². The molecule has 1 heterocycles. The number of aromatic nitrogens is 1. The Morgan fingerprint density at radius 3 is 2.48 bits per heavy atom. The third kappa shape index (κ3) is 3.85. The van der Waals surface area contributed by atoms with Crippen LogP contribution in [0.3, 0.4) is 0 Å². The predicted molar refractivity (Wildman–Crippen MR) is 72.7 cm³/mol. The van der Waals surface area contributed by atoms with Gasteiger partial charge in [-0.25, -0.2) is 4.39 Å². The Kier molecular flexibility index (Phi) is 4.37. The first kappa shape index (κ1) is 15.6. The van der Waals surface area contributed by atoms with E-state index in [2.05, 4.69) is 10.3 Å². The molecule has 0 fully saturated rings. The average Bonchev–Trinajstić information content (AvgIpc) is 2.39. The molecule has 112 valence electrons. The summed E-state index contributed by atoms with van der Waals surface area (Å²) in [7, 11) is 0. The molecule has 0 saturated carbocycles. The number of hydrogen-bond acceptors (Lipinski definition) is 2. The van der Waals surface area contributed by atoms with Crippen LogP contribution in [0, 0.1) is 5.82 Å². The van der Waals surface area contributed by atoms with Gasteiger partial charge in [0.2, 0.25) is 0 Å². The lowest BCUT2D eigenvalue weighted by molar-refractivity contribution is -0.137. The van der Waals surface area contributed by atoms with E-state index in [1.165, 1.54) is 18.3 Å². The van der Waals surface area contributed by atoms with Crippen molar-refractivity contribution in [3.8, 4) is 0 Å². The minimum absolute atomic E-state index is 0.0546. The molecule has 0 spiro atoms. The van der Waals surface area contributed by atoms with E-state index in [-0.39, 0.29) is 11.1 Å². The molecule has 1 aromatic carbocycles. The van der Waals surface area contributed by atoms with Crippen molar-refractivity contribution >= 4 is 17.3 Å². The van der Waals surface area contributed by atoms with Gasteiger partial charge in [0.25, 0.3) is 0 Å². The highest BCUT2D eigenvalue weighted by atomic mass is 35.5. The summed E-state index contributed by atoms with van der Waals surface area (Å²) in [5.74, 6) is -0.486. The van der Waals surface area contributed by atoms with Crippen LogP contribution in [0.5, 0.6) is 0 Å². The van der Waals surface area contributed by atoms with Gasteiger partial charge in [0.15, 0.2) is 0 Å². The molecule has 2 nitrogen and oxygen atoms in total. The van der Waals surface area contributed by atoms with Crippen LogP contribution >= 0.6 is 11.6 Å². The van der Waals surface area contributed by atoms with Crippen LogP contribution in [-0.4, -0.2) is 4.98 Å². The van der Waals surface area contributed by atoms with Crippen LogP contribution in [0.25, 0.3) is 0 Å². The Bertz CT molecular complexity index is 643. The van der Waals surface area contributed by atoms with Crippen molar-refractivity contribution in [2.45, 2.75) is 19.1 Å². The maximum absolute atomic E-state index is 13.1. The fraction of sp³-hybridized carbons (Fsp3) is 0.214. The molecule has 2 rings (SSSR count). The van der Waals surface area contributed by atoms with E-state index >= 15 is 0 Å². The van der Waals surface area contributed by atoms with Gasteiger partial charge in [-0.05, 0) is 36.8 Å². The highest BCUT2D eigenvalue weighted by Crippen LogP contribution is 2.34. The molecule has 21 heavy (non-hydrogen) atoms. The zero-order valence-corrected chi connectivity index (χ0v) is 11.6. The lowest BCUT2D eigenvalue weighted by Gasteiger charge is -2.17. The highest BCUT2D eigenvalue weighted by molar-refractivity contribution is 6.33. The number of pyridine rings is 1. The first-order valence-electron chi connectivity index (χ1n) is 6.01. The third-order valence-electron chi connectivity index (χ3n) is 2.89. The average molecular weight is 319 g/mol. The summed E-state index contributed by atoms with van der Waals surface area (Å²) in [4.78, 5) is 3.72. The number of hydrogen-bond donors (Lipinski definition) is 1. The van der Waals surface area contributed by atoms with Crippen LogP contribution < -0.4 is 5.32 Å². The van der Waals surface area contributed by atoms with E-state index in [0.717, 1.165) is 18.3 Å². The molecule has 0 aliphatic rings. The number of alkyl halides is 3. The lowest BCUT2D eigenvalue weighted by Crippen LogP contribution is -2.09. The van der Waals surface area contributed by atoms with Crippen molar-refractivity contribution in [2.24, 2.45) is 0 Å². The fourth-order valence-electron chi connectivity index (χ4n) is 1.79. The number of halogens is 5. The molecule has 2 aromatic rings. The largest absolute Gasteiger partial charge is 0.416 e. The van der Waals surface area contributed by atoms with Gasteiger partial charge in [0.05, 0.1) is 28.5 Å². The van der Waals surface area contributed by atoms with Crippen LogP contribution in [0.2, 0.25) is 5.02 Å². The summed E-state index contributed by atoms with van der Waals surface area (Å²) in [6, 6.07) is 3.96. The van der Waals surface area contributed by atoms with Crippen molar-refractivity contribution < 1.29 is 17.6 Å². The molecule has 7 heteroatoms. The molecule has 0 saturated heterocycles. The van der Waals surface area contributed by atoms with Gasteiger partial charge >= 0.3 is 6.18 Å². The molecule has 0 amide bonds. The minimum atomic E-state index is -4.44. The van der Waals surface area contributed by atoms with E-state index in [4.69, 9.17) is 11.6 Å². The van der Waals surface area contributed by atoms with Gasteiger partial charge in [0, 0.05) is 6.20 Å². The van der Waals surface area contributed by atoms with E-state index in [1.807, 2.05) is 0 Å². The first-order valence-corrected chi connectivity index (χ1v) is 6.39. The van der Waals surface area contributed by atoms with Gasteiger partial charge < -0.3 is 5.32 Å². The van der Waals surface area contributed by atoms with Gasteiger partial charge in [-0.3, -0.25) is 4.98 Å². The summed E-state index contributed by atoms with van der Waals surface area (Å²) in [5.41, 5.74) is 0.0746. The molecule has 0 bridgehead atoms. The Morgan fingerprint density at radius 1 is 1.19 bits per heavy atom. The summed E-state index contributed by atoms with van der Waals surface area (Å²) < 4.78 is 50.7. The van der Waals surface area contributed by atoms with Gasteiger partial charge in [-0.1, -0.05) is 11.6 Å². The Hall–Kier alpha value is -1.82. The molecule has 0 radical (unpaired) electrons. The normalized spacial score (nSPS) is 13.0. The van der Waals surface area contributed by atoms with Crippen LogP contribution in [0.15, 0.2) is 36.7 Å². The third-order valence-corrected chi connectivity index (χ3v) is 3.21. The van der Waals surface area contributed by atoms with Crippen LogP contribution in [-0.2, 0) is 6.18 Å². The van der Waals surface area contributed by atoms with Crippen molar-refractivity contribution in [1.82, 2.24) is 4.98 Å². The lowest BCUT2D eigenvalue weighted by atomic mass is 10.1. The summed E-state index contributed by atoms with van der Waals surface area (Å²) in [5, 5.41) is 2.87.